The highest BCUT2D eigenvalue weighted by Gasteiger charge is 2.32. The molecule has 1 aromatic rings. The van der Waals surface area contributed by atoms with Crippen molar-refractivity contribution in [2.75, 3.05) is 44.9 Å². The molecule has 1 saturated carbocycles. The molecule has 0 unspecified atom stereocenters. The lowest BCUT2D eigenvalue weighted by atomic mass is 10.1. The van der Waals surface area contributed by atoms with Crippen molar-refractivity contribution >= 4 is 22.0 Å². The maximum absolute atomic E-state index is 9.11. The monoisotopic (exact) mass is 264 g/mol. The number of rotatable bonds is 5. The smallest absolute Gasteiger partial charge is 0.130 e. The average Bonchev–Trinajstić information content (AvgIpc) is 3.10. The second kappa shape index (κ2) is 5.17. The molecule has 0 aliphatic heterocycles. The maximum Gasteiger partial charge on any atom is 0.130 e. The number of nitrogens with two attached hydrogens (primary N) is 1. The summed E-state index contributed by atoms with van der Waals surface area (Å²) < 4.78 is 0. The number of nitriles is 1. The average molecular weight is 264 g/mol. The molecule has 0 aromatic carbocycles. The Kier molecular flexibility index (Phi) is 3.79. The van der Waals surface area contributed by atoms with Crippen LogP contribution in [0.5, 0.6) is 0 Å². The number of anilines is 2. The Balaban J connectivity index is 2.23. The molecule has 0 amide bonds. The summed E-state index contributed by atoms with van der Waals surface area (Å²) in [6, 6.07) is 2.21. The van der Waals surface area contributed by atoms with E-state index < -0.39 is 0 Å². The second-order valence-electron chi connectivity index (χ2n) is 5.17. The molecule has 18 heavy (non-hydrogen) atoms. The van der Waals surface area contributed by atoms with Crippen molar-refractivity contribution < 1.29 is 0 Å². The molecular weight excluding hydrogens is 244 g/mol. The summed E-state index contributed by atoms with van der Waals surface area (Å²) >= 11 is 1.54. The van der Waals surface area contributed by atoms with E-state index in [1.807, 2.05) is 0 Å². The lowest BCUT2D eigenvalue weighted by Gasteiger charge is -2.21. The first kappa shape index (κ1) is 13.2. The molecule has 1 aliphatic carbocycles. The van der Waals surface area contributed by atoms with Crippen molar-refractivity contribution in [2.24, 2.45) is 0 Å². The van der Waals surface area contributed by atoms with Crippen LogP contribution in [0, 0.1) is 11.3 Å². The largest absolute Gasteiger partial charge is 0.397 e. The summed E-state index contributed by atoms with van der Waals surface area (Å²) in [7, 11) is 6.22. The first-order chi connectivity index (χ1) is 8.54. The van der Waals surface area contributed by atoms with E-state index in [-0.39, 0.29) is 0 Å². The van der Waals surface area contributed by atoms with Crippen LogP contribution < -0.4 is 10.6 Å². The summed E-state index contributed by atoms with van der Waals surface area (Å²) in [6.07, 6.45) is 2.42. The number of thiophene rings is 1. The highest BCUT2D eigenvalue weighted by Crippen LogP contribution is 2.51. The Labute approximate surface area is 113 Å². The van der Waals surface area contributed by atoms with Crippen LogP contribution in [0.4, 0.5) is 10.7 Å². The van der Waals surface area contributed by atoms with E-state index in [4.69, 9.17) is 11.0 Å². The number of hydrogen-bond donors (Lipinski definition) is 1. The van der Waals surface area contributed by atoms with E-state index in [2.05, 4.69) is 37.0 Å². The van der Waals surface area contributed by atoms with Gasteiger partial charge in [0, 0.05) is 25.7 Å². The molecule has 1 aromatic heterocycles. The van der Waals surface area contributed by atoms with Gasteiger partial charge in [-0.25, -0.2) is 0 Å². The fourth-order valence-electron chi connectivity index (χ4n) is 2.03. The van der Waals surface area contributed by atoms with Crippen LogP contribution in [0.1, 0.15) is 29.2 Å². The zero-order valence-electron chi connectivity index (χ0n) is 11.2. The molecule has 2 rings (SSSR count). The molecule has 2 N–H and O–H groups in total. The van der Waals surface area contributed by atoms with Gasteiger partial charge < -0.3 is 15.5 Å². The predicted octanol–water partition coefficient (Wildman–Crippen LogP) is 2.08. The number of likely N-dealkylation sites (N-methyl/N-ethyl adjacent to an activating group) is 2. The molecular formula is C13H20N4S. The van der Waals surface area contributed by atoms with Gasteiger partial charge in [-0.15, -0.1) is 11.3 Å². The van der Waals surface area contributed by atoms with Gasteiger partial charge >= 0.3 is 0 Å². The molecule has 0 bridgehead atoms. The molecule has 0 radical (unpaired) electrons. The van der Waals surface area contributed by atoms with E-state index >= 15 is 0 Å². The van der Waals surface area contributed by atoms with Crippen molar-refractivity contribution in [3.63, 3.8) is 0 Å². The molecule has 0 spiro atoms. The third-order valence-electron chi connectivity index (χ3n) is 3.28. The van der Waals surface area contributed by atoms with Gasteiger partial charge in [-0.3, -0.25) is 0 Å². The van der Waals surface area contributed by atoms with Crippen LogP contribution in [-0.2, 0) is 0 Å². The van der Waals surface area contributed by atoms with Crippen LogP contribution in [0.15, 0.2) is 0 Å². The Morgan fingerprint density at radius 3 is 2.50 bits per heavy atom. The minimum atomic E-state index is 0.583. The predicted molar refractivity (Wildman–Crippen MR) is 77.2 cm³/mol. The Morgan fingerprint density at radius 1 is 1.33 bits per heavy atom. The number of nitrogens with zero attached hydrogens (tertiary/aromatic N) is 3. The Bertz CT molecular complexity index is 468. The van der Waals surface area contributed by atoms with Crippen molar-refractivity contribution in [3.8, 4) is 6.07 Å². The number of nitrogen functional groups attached to an aromatic ring is 1. The maximum atomic E-state index is 9.11. The first-order valence-electron chi connectivity index (χ1n) is 6.22. The van der Waals surface area contributed by atoms with Crippen molar-refractivity contribution in [3.05, 3.63) is 10.4 Å². The van der Waals surface area contributed by atoms with Crippen LogP contribution in [0.2, 0.25) is 0 Å². The standard InChI is InChI=1S/C13H20N4S/c1-16(2)6-7-17(3)13-11(9-4-5-9)12(15)10(8-14)18-13/h9H,4-7,15H2,1-3H3. The van der Waals surface area contributed by atoms with Crippen LogP contribution >= 0.6 is 11.3 Å². The first-order valence-corrected chi connectivity index (χ1v) is 7.04. The van der Waals surface area contributed by atoms with Crippen molar-refractivity contribution in [1.82, 2.24) is 4.90 Å². The quantitative estimate of drug-likeness (QED) is 0.884. The van der Waals surface area contributed by atoms with Gasteiger partial charge in [0.15, 0.2) is 0 Å². The van der Waals surface area contributed by atoms with Crippen LogP contribution in [0.25, 0.3) is 0 Å². The summed E-state index contributed by atoms with van der Waals surface area (Å²) in [5.74, 6) is 0.583. The zero-order valence-corrected chi connectivity index (χ0v) is 12.0. The number of hydrogen-bond acceptors (Lipinski definition) is 5. The normalized spacial score (nSPS) is 14.8. The molecule has 4 nitrogen and oxygen atoms in total. The topological polar surface area (TPSA) is 56.3 Å². The second-order valence-corrected chi connectivity index (χ2v) is 6.17. The minimum Gasteiger partial charge on any atom is -0.397 e. The van der Waals surface area contributed by atoms with E-state index in [1.54, 1.807) is 0 Å². The van der Waals surface area contributed by atoms with Crippen molar-refractivity contribution in [1.29, 1.82) is 5.26 Å². The van der Waals surface area contributed by atoms with Crippen LogP contribution in [0.3, 0.4) is 0 Å². The lowest BCUT2D eigenvalue weighted by molar-refractivity contribution is 0.417. The molecule has 0 atom stereocenters. The van der Waals surface area contributed by atoms with E-state index in [0.717, 1.165) is 18.8 Å². The molecule has 1 fully saturated rings. The summed E-state index contributed by atoms with van der Waals surface area (Å²) in [5.41, 5.74) is 8.04. The van der Waals surface area contributed by atoms with E-state index in [0.29, 0.717) is 10.8 Å². The summed E-state index contributed by atoms with van der Waals surface area (Å²) in [4.78, 5) is 5.06. The summed E-state index contributed by atoms with van der Waals surface area (Å²) in [5, 5.41) is 10.3. The van der Waals surface area contributed by atoms with E-state index in [9.17, 15) is 0 Å². The Hall–Kier alpha value is -1.25. The highest BCUT2D eigenvalue weighted by molar-refractivity contribution is 7.17. The fraction of sp³-hybridized carbons (Fsp3) is 0.615. The van der Waals surface area contributed by atoms with Crippen molar-refractivity contribution in [2.45, 2.75) is 18.8 Å². The SMILES string of the molecule is CN(C)CCN(C)c1sc(C#N)c(N)c1C1CC1. The van der Waals surface area contributed by atoms with E-state index in [1.165, 1.54) is 34.7 Å². The molecule has 5 heteroatoms. The van der Waals surface area contributed by atoms with Gasteiger partial charge in [-0.2, -0.15) is 5.26 Å². The minimum absolute atomic E-state index is 0.583. The summed E-state index contributed by atoms with van der Waals surface area (Å²) in [6.45, 7) is 1.96. The third-order valence-corrected chi connectivity index (χ3v) is 4.52. The molecule has 1 heterocycles. The molecule has 98 valence electrons. The van der Waals surface area contributed by atoms with Crippen LogP contribution in [-0.4, -0.2) is 39.1 Å². The van der Waals surface area contributed by atoms with Gasteiger partial charge in [0.1, 0.15) is 10.9 Å². The van der Waals surface area contributed by atoms with Gasteiger partial charge in [0.05, 0.1) is 10.7 Å². The zero-order chi connectivity index (χ0) is 13.3. The molecule has 1 aliphatic rings. The fourth-order valence-corrected chi connectivity index (χ4v) is 3.12. The highest BCUT2D eigenvalue weighted by atomic mass is 32.1. The van der Waals surface area contributed by atoms with Gasteiger partial charge in [-0.1, -0.05) is 0 Å². The molecule has 0 saturated heterocycles. The van der Waals surface area contributed by atoms with Gasteiger partial charge in [-0.05, 0) is 32.9 Å². The lowest BCUT2D eigenvalue weighted by Crippen LogP contribution is -2.28. The van der Waals surface area contributed by atoms with Gasteiger partial charge in [0.2, 0.25) is 0 Å². The van der Waals surface area contributed by atoms with Gasteiger partial charge in [0.25, 0.3) is 0 Å². The third kappa shape index (κ3) is 2.60. The Morgan fingerprint density at radius 2 is 2.00 bits per heavy atom.